The van der Waals surface area contributed by atoms with Gasteiger partial charge in [0.05, 0.1) is 12.6 Å². The lowest BCUT2D eigenvalue weighted by Crippen LogP contribution is -2.14. The molecule has 0 amide bonds. The molecule has 1 aromatic rings. The number of pyridine rings is 1. The Labute approximate surface area is 90.2 Å². The summed E-state index contributed by atoms with van der Waals surface area (Å²) in [5.74, 6) is 0. The average molecular weight is 225 g/mol. The van der Waals surface area contributed by atoms with Gasteiger partial charge < -0.3 is 10.8 Å². The van der Waals surface area contributed by atoms with Crippen LogP contribution in [-0.2, 0) is 0 Å². The molecule has 0 aliphatic rings. The van der Waals surface area contributed by atoms with Crippen molar-refractivity contribution in [3.05, 3.63) is 29.6 Å². The van der Waals surface area contributed by atoms with E-state index in [1.165, 1.54) is 0 Å². The summed E-state index contributed by atoms with van der Waals surface area (Å²) >= 11 is 0. The Morgan fingerprint density at radius 3 is 2.46 bits per heavy atom. The maximum absolute atomic E-state index is 8.70. The molecule has 3 N–H and O–H groups in total. The van der Waals surface area contributed by atoms with E-state index in [1.807, 2.05) is 19.1 Å². The zero-order chi connectivity index (χ0) is 8.27. The standard InChI is InChI=1S/C8H12N2O.2ClH/c1-6-2-3-7(4-10-6)8(9)5-11;;/h2-4,8,11H,5,9H2,1H3;2*1H. The number of nitrogens with zero attached hydrogens (tertiary/aromatic N) is 1. The Bertz CT molecular complexity index is 228. The molecule has 0 radical (unpaired) electrons. The number of aryl methyl sites for hydroxylation is 1. The van der Waals surface area contributed by atoms with Crippen LogP contribution in [0.1, 0.15) is 17.3 Å². The van der Waals surface area contributed by atoms with Crippen molar-refractivity contribution in [2.75, 3.05) is 6.61 Å². The third kappa shape index (κ3) is 4.43. The predicted molar refractivity (Wildman–Crippen MR) is 57.5 cm³/mol. The lowest BCUT2D eigenvalue weighted by Gasteiger charge is -2.06. The lowest BCUT2D eigenvalue weighted by molar-refractivity contribution is 0.268. The highest BCUT2D eigenvalue weighted by Crippen LogP contribution is 2.07. The highest BCUT2D eigenvalue weighted by molar-refractivity contribution is 5.85. The van der Waals surface area contributed by atoms with Gasteiger partial charge in [-0.05, 0) is 18.6 Å². The maximum Gasteiger partial charge on any atom is 0.0624 e. The molecular weight excluding hydrogens is 211 g/mol. The first-order chi connectivity index (χ1) is 5.24. The van der Waals surface area contributed by atoms with Crippen molar-refractivity contribution in [1.82, 2.24) is 4.98 Å². The van der Waals surface area contributed by atoms with Crippen LogP contribution in [0.25, 0.3) is 0 Å². The van der Waals surface area contributed by atoms with Crippen LogP contribution >= 0.6 is 24.8 Å². The van der Waals surface area contributed by atoms with Gasteiger partial charge in [-0.15, -0.1) is 24.8 Å². The van der Waals surface area contributed by atoms with Gasteiger partial charge in [-0.3, -0.25) is 4.98 Å². The van der Waals surface area contributed by atoms with Crippen LogP contribution in [0.2, 0.25) is 0 Å². The number of halogens is 2. The first-order valence-electron chi connectivity index (χ1n) is 3.53. The second-order valence-corrected chi connectivity index (χ2v) is 2.52. The van der Waals surface area contributed by atoms with Crippen LogP contribution < -0.4 is 5.73 Å². The van der Waals surface area contributed by atoms with Crippen LogP contribution in [0, 0.1) is 6.92 Å². The van der Waals surface area contributed by atoms with E-state index in [0.717, 1.165) is 11.3 Å². The smallest absolute Gasteiger partial charge is 0.0624 e. The second-order valence-electron chi connectivity index (χ2n) is 2.52. The van der Waals surface area contributed by atoms with E-state index in [4.69, 9.17) is 10.8 Å². The van der Waals surface area contributed by atoms with Crippen molar-refractivity contribution in [2.24, 2.45) is 5.73 Å². The summed E-state index contributed by atoms with van der Waals surface area (Å²) in [6.07, 6.45) is 1.69. The van der Waals surface area contributed by atoms with E-state index in [0.29, 0.717) is 0 Å². The van der Waals surface area contributed by atoms with E-state index in [9.17, 15) is 0 Å². The molecule has 1 unspecified atom stereocenters. The number of aromatic nitrogens is 1. The topological polar surface area (TPSA) is 59.1 Å². The van der Waals surface area contributed by atoms with Gasteiger partial charge in [0.2, 0.25) is 0 Å². The van der Waals surface area contributed by atoms with Crippen LogP contribution in [0.4, 0.5) is 0 Å². The van der Waals surface area contributed by atoms with Crippen LogP contribution in [0.3, 0.4) is 0 Å². The lowest BCUT2D eigenvalue weighted by atomic mass is 10.1. The summed E-state index contributed by atoms with van der Waals surface area (Å²) < 4.78 is 0. The van der Waals surface area contributed by atoms with Crippen LogP contribution in [0.5, 0.6) is 0 Å². The van der Waals surface area contributed by atoms with Gasteiger partial charge in [-0.1, -0.05) is 6.07 Å². The molecule has 0 aliphatic carbocycles. The van der Waals surface area contributed by atoms with E-state index in [-0.39, 0.29) is 37.5 Å². The molecule has 13 heavy (non-hydrogen) atoms. The normalized spacial score (nSPS) is 11.0. The van der Waals surface area contributed by atoms with Gasteiger partial charge in [0.25, 0.3) is 0 Å². The second kappa shape index (κ2) is 7.09. The fourth-order valence-corrected chi connectivity index (χ4v) is 0.804. The molecule has 1 rings (SSSR count). The SMILES string of the molecule is Cc1ccc(C(N)CO)cn1.Cl.Cl. The first-order valence-corrected chi connectivity index (χ1v) is 3.53. The molecule has 0 saturated heterocycles. The first kappa shape index (κ1) is 15.1. The molecule has 1 heterocycles. The molecule has 0 bridgehead atoms. The van der Waals surface area contributed by atoms with Crippen molar-refractivity contribution >= 4 is 24.8 Å². The fourth-order valence-electron chi connectivity index (χ4n) is 0.804. The van der Waals surface area contributed by atoms with Crippen molar-refractivity contribution in [1.29, 1.82) is 0 Å². The Hall–Kier alpha value is -0.350. The van der Waals surface area contributed by atoms with Gasteiger partial charge >= 0.3 is 0 Å². The number of nitrogens with two attached hydrogens (primary N) is 1. The molecule has 76 valence electrons. The third-order valence-electron chi connectivity index (χ3n) is 1.56. The minimum Gasteiger partial charge on any atom is -0.394 e. The van der Waals surface area contributed by atoms with Gasteiger partial charge in [0.15, 0.2) is 0 Å². The fraction of sp³-hybridized carbons (Fsp3) is 0.375. The van der Waals surface area contributed by atoms with E-state index < -0.39 is 0 Å². The summed E-state index contributed by atoms with van der Waals surface area (Å²) in [7, 11) is 0. The minimum atomic E-state index is -0.303. The molecule has 3 nitrogen and oxygen atoms in total. The summed E-state index contributed by atoms with van der Waals surface area (Å²) in [5.41, 5.74) is 7.38. The Kier molecular flexibility index (Phi) is 8.26. The number of hydrogen-bond donors (Lipinski definition) is 2. The highest BCUT2D eigenvalue weighted by Gasteiger charge is 2.02. The maximum atomic E-state index is 8.70. The molecule has 0 aromatic carbocycles. The molecule has 0 aliphatic heterocycles. The van der Waals surface area contributed by atoms with Crippen molar-refractivity contribution in [3.8, 4) is 0 Å². The van der Waals surface area contributed by atoms with E-state index >= 15 is 0 Å². The monoisotopic (exact) mass is 224 g/mol. The molecule has 0 spiro atoms. The van der Waals surface area contributed by atoms with Gasteiger partial charge in [-0.25, -0.2) is 0 Å². The Morgan fingerprint density at radius 2 is 2.08 bits per heavy atom. The van der Waals surface area contributed by atoms with Crippen LogP contribution in [-0.4, -0.2) is 16.7 Å². The van der Waals surface area contributed by atoms with Crippen molar-refractivity contribution in [3.63, 3.8) is 0 Å². The predicted octanol–water partition coefficient (Wildman–Crippen LogP) is 1.23. The average Bonchev–Trinajstić information content (AvgIpc) is 2.05. The number of aliphatic hydroxyl groups is 1. The quantitative estimate of drug-likeness (QED) is 0.795. The Morgan fingerprint density at radius 1 is 1.46 bits per heavy atom. The van der Waals surface area contributed by atoms with Gasteiger partial charge in [0, 0.05) is 11.9 Å². The Balaban J connectivity index is 0. The van der Waals surface area contributed by atoms with E-state index in [1.54, 1.807) is 6.20 Å². The molecular formula is C8H14Cl2N2O. The van der Waals surface area contributed by atoms with Gasteiger partial charge in [0.1, 0.15) is 0 Å². The summed E-state index contributed by atoms with van der Waals surface area (Å²) in [5, 5.41) is 8.70. The molecule has 0 saturated carbocycles. The summed E-state index contributed by atoms with van der Waals surface area (Å²) in [4.78, 5) is 4.06. The van der Waals surface area contributed by atoms with E-state index in [2.05, 4.69) is 4.98 Å². The third-order valence-corrected chi connectivity index (χ3v) is 1.56. The zero-order valence-corrected chi connectivity index (χ0v) is 8.94. The molecule has 1 aromatic heterocycles. The highest BCUT2D eigenvalue weighted by atomic mass is 35.5. The number of rotatable bonds is 2. The zero-order valence-electron chi connectivity index (χ0n) is 7.30. The largest absolute Gasteiger partial charge is 0.394 e. The molecule has 5 heteroatoms. The number of hydrogen-bond acceptors (Lipinski definition) is 3. The van der Waals surface area contributed by atoms with Gasteiger partial charge in [-0.2, -0.15) is 0 Å². The molecule has 1 atom stereocenters. The number of aliphatic hydroxyl groups excluding tert-OH is 1. The van der Waals surface area contributed by atoms with Crippen molar-refractivity contribution < 1.29 is 5.11 Å². The summed E-state index contributed by atoms with van der Waals surface area (Å²) in [6, 6.07) is 3.46. The molecule has 0 fully saturated rings. The van der Waals surface area contributed by atoms with Crippen LogP contribution in [0.15, 0.2) is 18.3 Å². The summed E-state index contributed by atoms with van der Waals surface area (Å²) in [6.45, 7) is 1.87. The minimum absolute atomic E-state index is 0. The van der Waals surface area contributed by atoms with Crippen molar-refractivity contribution in [2.45, 2.75) is 13.0 Å².